The number of nitrogens with one attached hydrogen (secondary N) is 1. The molecule has 1 aromatic carbocycles. The molecule has 62 valence electrons. The van der Waals surface area contributed by atoms with E-state index in [9.17, 15) is 4.21 Å². The van der Waals surface area contributed by atoms with Crippen LogP contribution in [0.1, 0.15) is 5.56 Å². The van der Waals surface area contributed by atoms with Crippen molar-refractivity contribution in [3.63, 3.8) is 0 Å². The topological polar surface area (TPSA) is 52.9 Å². The molecule has 0 fully saturated rings. The minimum atomic E-state index is -1.16. The van der Waals surface area contributed by atoms with Crippen LogP contribution in [-0.4, -0.2) is 11.3 Å². The number of rotatable bonds is 2. The second-order valence-electron chi connectivity index (χ2n) is 2.11. The Morgan fingerprint density at radius 3 is 2.42 bits per heavy atom. The standard InChI is InChI=1S/C8H8N2OS/c1-10-12(11)8-4-2-7(6-9)3-5-8/h2-5,10H,1H3. The van der Waals surface area contributed by atoms with Gasteiger partial charge in [-0.15, -0.1) is 0 Å². The summed E-state index contributed by atoms with van der Waals surface area (Å²) in [5, 5.41) is 8.48. The Kier molecular flexibility index (Phi) is 2.97. The van der Waals surface area contributed by atoms with Crippen LogP contribution in [0.2, 0.25) is 0 Å². The van der Waals surface area contributed by atoms with Crippen LogP contribution in [0.25, 0.3) is 0 Å². The van der Waals surface area contributed by atoms with Crippen LogP contribution in [-0.2, 0) is 11.0 Å². The molecule has 0 aliphatic rings. The van der Waals surface area contributed by atoms with Crippen molar-refractivity contribution in [2.45, 2.75) is 4.90 Å². The Balaban J connectivity index is 2.94. The second-order valence-corrected chi connectivity index (χ2v) is 3.53. The minimum Gasteiger partial charge on any atom is -0.238 e. The Labute approximate surface area is 73.6 Å². The van der Waals surface area contributed by atoms with Gasteiger partial charge in [-0.2, -0.15) is 5.26 Å². The van der Waals surface area contributed by atoms with Crippen molar-refractivity contribution in [2.75, 3.05) is 7.05 Å². The summed E-state index contributed by atoms with van der Waals surface area (Å²) < 4.78 is 13.7. The molecular weight excluding hydrogens is 172 g/mol. The van der Waals surface area contributed by atoms with Crippen molar-refractivity contribution in [3.05, 3.63) is 29.8 Å². The van der Waals surface area contributed by atoms with E-state index < -0.39 is 11.0 Å². The molecule has 3 nitrogen and oxygen atoms in total. The normalized spacial score (nSPS) is 12.0. The molecule has 0 aliphatic carbocycles. The molecule has 1 unspecified atom stereocenters. The van der Waals surface area contributed by atoms with Gasteiger partial charge in [0, 0.05) is 0 Å². The molecule has 0 amide bonds. The van der Waals surface area contributed by atoms with E-state index in [0.29, 0.717) is 10.5 Å². The monoisotopic (exact) mass is 180 g/mol. The molecule has 1 rings (SSSR count). The van der Waals surface area contributed by atoms with Crippen LogP contribution in [0.15, 0.2) is 29.2 Å². The quantitative estimate of drug-likeness (QED) is 0.732. The van der Waals surface area contributed by atoms with E-state index in [1.165, 1.54) is 0 Å². The molecule has 0 saturated heterocycles. The zero-order chi connectivity index (χ0) is 8.97. The lowest BCUT2D eigenvalue weighted by molar-refractivity contribution is 0.678. The predicted octanol–water partition coefficient (Wildman–Crippen LogP) is 0.800. The van der Waals surface area contributed by atoms with Crippen LogP contribution in [0.5, 0.6) is 0 Å². The van der Waals surface area contributed by atoms with E-state index >= 15 is 0 Å². The highest BCUT2D eigenvalue weighted by molar-refractivity contribution is 7.83. The number of benzene rings is 1. The van der Waals surface area contributed by atoms with Gasteiger partial charge in [0.1, 0.15) is 11.0 Å². The lowest BCUT2D eigenvalue weighted by Gasteiger charge is -1.97. The average Bonchev–Trinajstić information content (AvgIpc) is 2.17. The summed E-state index contributed by atoms with van der Waals surface area (Å²) in [4.78, 5) is 0.677. The SMILES string of the molecule is CNS(=O)c1ccc(C#N)cc1. The maximum atomic E-state index is 11.1. The molecule has 0 saturated carbocycles. The van der Waals surface area contributed by atoms with Crippen molar-refractivity contribution in [3.8, 4) is 6.07 Å². The predicted molar refractivity (Wildman–Crippen MR) is 46.6 cm³/mol. The van der Waals surface area contributed by atoms with E-state index in [2.05, 4.69) is 4.72 Å². The fourth-order valence-corrected chi connectivity index (χ4v) is 1.39. The molecule has 1 atom stereocenters. The Bertz CT molecular complexity index is 326. The molecule has 0 aliphatic heterocycles. The molecule has 0 spiro atoms. The van der Waals surface area contributed by atoms with Gasteiger partial charge in [-0.05, 0) is 31.3 Å². The molecule has 4 heteroatoms. The maximum absolute atomic E-state index is 11.1. The van der Waals surface area contributed by atoms with Gasteiger partial charge in [-0.3, -0.25) is 0 Å². The van der Waals surface area contributed by atoms with Crippen LogP contribution in [0.3, 0.4) is 0 Å². The van der Waals surface area contributed by atoms with Gasteiger partial charge < -0.3 is 0 Å². The highest BCUT2D eigenvalue weighted by Crippen LogP contribution is 2.05. The number of nitriles is 1. The van der Waals surface area contributed by atoms with E-state index in [1.54, 1.807) is 31.3 Å². The first-order valence-electron chi connectivity index (χ1n) is 3.37. The number of hydrogen-bond acceptors (Lipinski definition) is 2. The summed E-state index contributed by atoms with van der Waals surface area (Å²) in [6.45, 7) is 0. The lowest BCUT2D eigenvalue weighted by atomic mass is 10.2. The van der Waals surface area contributed by atoms with Crippen molar-refractivity contribution in [1.29, 1.82) is 5.26 Å². The van der Waals surface area contributed by atoms with Gasteiger partial charge in [0.05, 0.1) is 16.5 Å². The Hall–Kier alpha value is -1.18. The number of nitrogens with zero attached hydrogens (tertiary/aromatic N) is 1. The lowest BCUT2D eigenvalue weighted by Crippen LogP contribution is -2.10. The molecule has 0 heterocycles. The molecule has 12 heavy (non-hydrogen) atoms. The third kappa shape index (κ3) is 1.91. The zero-order valence-electron chi connectivity index (χ0n) is 6.57. The molecule has 1 N–H and O–H groups in total. The van der Waals surface area contributed by atoms with Crippen LogP contribution < -0.4 is 4.72 Å². The zero-order valence-corrected chi connectivity index (χ0v) is 7.39. The third-order valence-corrected chi connectivity index (χ3v) is 2.45. The fourth-order valence-electron chi connectivity index (χ4n) is 0.771. The first-order chi connectivity index (χ1) is 5.77. The van der Waals surface area contributed by atoms with Gasteiger partial charge in [-0.25, -0.2) is 8.93 Å². The summed E-state index contributed by atoms with van der Waals surface area (Å²) in [5.74, 6) is 0. The molecule has 0 radical (unpaired) electrons. The molecule has 0 aromatic heterocycles. The average molecular weight is 180 g/mol. The largest absolute Gasteiger partial charge is 0.238 e. The smallest absolute Gasteiger partial charge is 0.124 e. The first-order valence-corrected chi connectivity index (χ1v) is 4.52. The van der Waals surface area contributed by atoms with Crippen molar-refractivity contribution in [1.82, 2.24) is 4.72 Å². The highest BCUT2D eigenvalue weighted by Gasteiger charge is 1.99. The van der Waals surface area contributed by atoms with E-state index in [4.69, 9.17) is 5.26 Å². The van der Waals surface area contributed by atoms with E-state index in [0.717, 1.165) is 0 Å². The van der Waals surface area contributed by atoms with Gasteiger partial charge >= 0.3 is 0 Å². The Morgan fingerprint density at radius 2 is 2.00 bits per heavy atom. The van der Waals surface area contributed by atoms with Gasteiger partial charge in [0.25, 0.3) is 0 Å². The van der Waals surface area contributed by atoms with Crippen LogP contribution in [0.4, 0.5) is 0 Å². The third-order valence-electron chi connectivity index (χ3n) is 1.38. The van der Waals surface area contributed by atoms with E-state index in [1.807, 2.05) is 6.07 Å². The van der Waals surface area contributed by atoms with Gasteiger partial charge in [0.15, 0.2) is 0 Å². The van der Waals surface area contributed by atoms with Crippen molar-refractivity contribution >= 4 is 11.0 Å². The van der Waals surface area contributed by atoms with E-state index in [-0.39, 0.29) is 0 Å². The maximum Gasteiger partial charge on any atom is 0.124 e. The summed E-state index contributed by atoms with van der Waals surface area (Å²) in [5.41, 5.74) is 0.576. The van der Waals surface area contributed by atoms with Gasteiger partial charge in [0.2, 0.25) is 0 Å². The highest BCUT2D eigenvalue weighted by atomic mass is 32.2. The fraction of sp³-hybridized carbons (Fsp3) is 0.125. The van der Waals surface area contributed by atoms with Crippen molar-refractivity contribution in [2.24, 2.45) is 0 Å². The Morgan fingerprint density at radius 1 is 1.42 bits per heavy atom. The molecule has 0 bridgehead atoms. The minimum absolute atomic E-state index is 0.576. The summed E-state index contributed by atoms with van der Waals surface area (Å²) >= 11 is 0. The second kappa shape index (κ2) is 4.00. The molecule has 1 aromatic rings. The van der Waals surface area contributed by atoms with Crippen molar-refractivity contribution < 1.29 is 4.21 Å². The first kappa shape index (κ1) is 8.91. The van der Waals surface area contributed by atoms with Crippen LogP contribution in [0, 0.1) is 11.3 Å². The summed E-state index contributed by atoms with van der Waals surface area (Å²) in [6, 6.07) is 8.62. The van der Waals surface area contributed by atoms with Crippen LogP contribution >= 0.6 is 0 Å². The summed E-state index contributed by atoms with van der Waals surface area (Å²) in [7, 11) is 0.459. The molecular formula is C8H8N2OS. The van der Waals surface area contributed by atoms with Gasteiger partial charge in [-0.1, -0.05) is 0 Å². The summed E-state index contributed by atoms with van der Waals surface area (Å²) in [6.07, 6.45) is 0. The number of hydrogen-bond donors (Lipinski definition) is 1.